The maximum Gasteiger partial charge on any atom is 0.261 e. The van der Waals surface area contributed by atoms with Crippen molar-refractivity contribution in [2.45, 2.75) is 30.4 Å². The van der Waals surface area contributed by atoms with E-state index in [9.17, 15) is 21.6 Å². The molecular weight excluding hydrogens is 569 g/mol. The van der Waals surface area contributed by atoms with Crippen LogP contribution in [0.1, 0.15) is 24.0 Å². The maximum atomic E-state index is 13.0. The summed E-state index contributed by atoms with van der Waals surface area (Å²) in [4.78, 5) is 13.0. The van der Waals surface area contributed by atoms with Gasteiger partial charge in [-0.05, 0) is 79.4 Å². The van der Waals surface area contributed by atoms with E-state index < -0.39 is 26.0 Å². The van der Waals surface area contributed by atoms with Gasteiger partial charge in [0.05, 0.1) is 26.6 Å². The van der Waals surface area contributed by atoms with Gasteiger partial charge in [-0.1, -0.05) is 41.4 Å². The molecule has 0 aliphatic carbocycles. The summed E-state index contributed by atoms with van der Waals surface area (Å²) < 4.78 is 55.3. The number of carbonyl (C=O) groups is 1. The highest BCUT2D eigenvalue weighted by molar-refractivity contribution is 7.92. The number of sulfonamides is 2. The number of rotatable bonds is 8. The molecule has 1 aliphatic rings. The average molecular weight is 597 g/mol. The SMILES string of the molecule is Cc1cccc(NS(=O)(=O)c2ccc(NC(=O)[C@H]3CCCN(S(=O)(=O)Cc4ccc(Cl)c(Cl)c4)C3)cc2)c1. The second-order valence-electron chi connectivity index (χ2n) is 9.19. The van der Waals surface area contributed by atoms with Crippen LogP contribution in [0.15, 0.2) is 71.6 Å². The minimum Gasteiger partial charge on any atom is -0.326 e. The van der Waals surface area contributed by atoms with Gasteiger partial charge in [-0.25, -0.2) is 21.1 Å². The number of carbonyl (C=O) groups excluding carboxylic acids is 1. The lowest BCUT2D eigenvalue weighted by molar-refractivity contribution is -0.120. The number of halogens is 2. The van der Waals surface area contributed by atoms with Crippen LogP contribution in [0.3, 0.4) is 0 Å². The molecule has 1 heterocycles. The first-order valence-electron chi connectivity index (χ1n) is 11.9. The largest absolute Gasteiger partial charge is 0.326 e. The minimum atomic E-state index is -3.80. The van der Waals surface area contributed by atoms with E-state index in [-0.39, 0.29) is 28.1 Å². The lowest BCUT2D eigenvalue weighted by Gasteiger charge is -2.31. The van der Waals surface area contributed by atoms with Crippen LogP contribution in [0.25, 0.3) is 0 Å². The predicted molar refractivity (Wildman–Crippen MR) is 150 cm³/mol. The predicted octanol–water partition coefficient (Wildman–Crippen LogP) is 5.28. The molecule has 38 heavy (non-hydrogen) atoms. The molecule has 1 atom stereocenters. The molecule has 1 amide bonds. The Labute approximate surface area is 233 Å². The van der Waals surface area contributed by atoms with Gasteiger partial charge in [-0.3, -0.25) is 9.52 Å². The summed E-state index contributed by atoms with van der Waals surface area (Å²) in [5.74, 6) is -1.11. The molecule has 0 aromatic heterocycles. The topological polar surface area (TPSA) is 113 Å². The molecule has 0 bridgehead atoms. The van der Waals surface area contributed by atoms with Gasteiger partial charge in [0, 0.05) is 24.5 Å². The Balaban J connectivity index is 1.38. The summed E-state index contributed by atoms with van der Waals surface area (Å²) in [6.07, 6.45) is 1.08. The highest BCUT2D eigenvalue weighted by Crippen LogP contribution is 2.27. The Morgan fingerprint density at radius 2 is 1.68 bits per heavy atom. The van der Waals surface area contributed by atoms with Crippen molar-refractivity contribution >= 4 is 60.5 Å². The fourth-order valence-corrected chi connectivity index (χ4v) is 7.19. The monoisotopic (exact) mass is 595 g/mol. The van der Waals surface area contributed by atoms with E-state index >= 15 is 0 Å². The second-order valence-corrected chi connectivity index (χ2v) is 13.7. The number of benzene rings is 3. The summed E-state index contributed by atoms with van der Waals surface area (Å²) in [6.45, 7) is 2.25. The highest BCUT2D eigenvalue weighted by Gasteiger charge is 2.32. The normalized spacial score (nSPS) is 16.7. The molecule has 12 heteroatoms. The third-order valence-electron chi connectivity index (χ3n) is 6.18. The van der Waals surface area contributed by atoms with Crippen molar-refractivity contribution in [3.8, 4) is 0 Å². The molecule has 4 rings (SSSR count). The van der Waals surface area contributed by atoms with Crippen LogP contribution in [0.5, 0.6) is 0 Å². The fraction of sp³-hybridized carbons (Fsp3) is 0.269. The minimum absolute atomic E-state index is 0.0502. The molecule has 1 fully saturated rings. The van der Waals surface area contributed by atoms with Crippen molar-refractivity contribution in [3.63, 3.8) is 0 Å². The van der Waals surface area contributed by atoms with E-state index in [0.717, 1.165) is 5.56 Å². The van der Waals surface area contributed by atoms with Gasteiger partial charge >= 0.3 is 0 Å². The Morgan fingerprint density at radius 3 is 2.37 bits per heavy atom. The molecule has 0 radical (unpaired) electrons. The molecule has 1 saturated heterocycles. The Kier molecular flexibility index (Phi) is 8.68. The molecule has 0 spiro atoms. The lowest BCUT2D eigenvalue weighted by atomic mass is 9.99. The van der Waals surface area contributed by atoms with Crippen molar-refractivity contribution in [3.05, 3.63) is 87.9 Å². The number of amides is 1. The van der Waals surface area contributed by atoms with Crippen LogP contribution < -0.4 is 10.0 Å². The van der Waals surface area contributed by atoms with Crippen molar-refractivity contribution in [2.75, 3.05) is 23.1 Å². The van der Waals surface area contributed by atoms with E-state index in [1.54, 1.807) is 30.3 Å². The van der Waals surface area contributed by atoms with Crippen molar-refractivity contribution < 1.29 is 21.6 Å². The van der Waals surface area contributed by atoms with E-state index in [1.165, 1.54) is 34.6 Å². The molecule has 2 N–H and O–H groups in total. The molecule has 3 aromatic carbocycles. The first kappa shape index (κ1) is 28.4. The number of anilines is 2. The second kappa shape index (κ2) is 11.6. The number of nitrogens with one attached hydrogen (secondary N) is 2. The van der Waals surface area contributed by atoms with Crippen molar-refractivity contribution in [1.82, 2.24) is 4.31 Å². The first-order chi connectivity index (χ1) is 17.9. The van der Waals surface area contributed by atoms with Crippen LogP contribution in [0, 0.1) is 12.8 Å². The molecule has 3 aromatic rings. The van der Waals surface area contributed by atoms with Crippen LogP contribution in [-0.4, -0.2) is 40.1 Å². The van der Waals surface area contributed by atoms with E-state index in [4.69, 9.17) is 23.2 Å². The average Bonchev–Trinajstić information content (AvgIpc) is 2.86. The van der Waals surface area contributed by atoms with Gasteiger partial charge in [0.2, 0.25) is 15.9 Å². The number of hydrogen-bond acceptors (Lipinski definition) is 5. The summed E-state index contributed by atoms with van der Waals surface area (Å²) >= 11 is 11.9. The molecule has 202 valence electrons. The molecule has 8 nitrogen and oxygen atoms in total. The summed E-state index contributed by atoms with van der Waals surface area (Å²) in [5, 5.41) is 3.40. The molecule has 0 saturated carbocycles. The van der Waals surface area contributed by atoms with Gasteiger partial charge in [0.1, 0.15) is 0 Å². The third-order valence-corrected chi connectivity index (χ3v) is 10.1. The van der Waals surface area contributed by atoms with Gasteiger partial charge in [0.25, 0.3) is 10.0 Å². The zero-order valence-electron chi connectivity index (χ0n) is 20.5. The van der Waals surface area contributed by atoms with E-state index in [1.807, 2.05) is 13.0 Å². The van der Waals surface area contributed by atoms with Crippen molar-refractivity contribution in [2.24, 2.45) is 5.92 Å². The summed E-state index contributed by atoms with van der Waals surface area (Å²) in [7, 11) is -7.48. The lowest BCUT2D eigenvalue weighted by Crippen LogP contribution is -2.44. The van der Waals surface area contributed by atoms with Gasteiger partial charge in [-0.15, -0.1) is 0 Å². The quantitative estimate of drug-likeness (QED) is 0.367. The zero-order chi connectivity index (χ0) is 27.5. The van der Waals surface area contributed by atoms with E-state index in [2.05, 4.69) is 10.0 Å². The van der Waals surface area contributed by atoms with Gasteiger partial charge in [-0.2, -0.15) is 0 Å². The third kappa shape index (κ3) is 7.06. The number of aryl methyl sites for hydroxylation is 1. The number of hydrogen-bond donors (Lipinski definition) is 2. The van der Waals surface area contributed by atoms with Crippen molar-refractivity contribution in [1.29, 1.82) is 0 Å². The number of nitrogens with zero attached hydrogens (tertiary/aromatic N) is 1. The zero-order valence-corrected chi connectivity index (χ0v) is 23.7. The molecule has 0 unspecified atom stereocenters. The maximum absolute atomic E-state index is 13.0. The Hall–Kier alpha value is -2.63. The molecular formula is C26H27Cl2N3O5S2. The van der Waals surface area contributed by atoms with Crippen LogP contribution in [0.2, 0.25) is 10.0 Å². The Morgan fingerprint density at radius 1 is 0.947 bits per heavy atom. The highest BCUT2D eigenvalue weighted by atomic mass is 35.5. The van der Waals surface area contributed by atoms with Crippen LogP contribution in [-0.2, 0) is 30.6 Å². The van der Waals surface area contributed by atoms with E-state index in [0.29, 0.717) is 41.3 Å². The van der Waals surface area contributed by atoms with Crippen LogP contribution >= 0.6 is 23.2 Å². The standard InChI is InChI=1S/C26H27Cl2N3O5S2/c1-18-4-2-6-22(14-18)30-38(35,36)23-10-8-21(9-11-23)29-26(32)20-5-3-13-31(16-20)37(33,34)17-19-7-12-24(27)25(28)15-19/h2,4,6-12,14-15,20,30H,3,5,13,16-17H2,1H3,(H,29,32)/t20-/m0/s1. The summed E-state index contributed by atoms with van der Waals surface area (Å²) in [6, 6.07) is 17.5. The van der Waals surface area contributed by atoms with Gasteiger partial charge < -0.3 is 5.32 Å². The molecule has 1 aliphatic heterocycles. The summed E-state index contributed by atoms with van der Waals surface area (Å²) in [5.41, 5.74) is 2.31. The smallest absolute Gasteiger partial charge is 0.261 e. The van der Waals surface area contributed by atoms with Gasteiger partial charge in [0.15, 0.2) is 0 Å². The Bertz CT molecular complexity index is 1550. The number of piperidine rings is 1. The van der Waals surface area contributed by atoms with Crippen LogP contribution in [0.4, 0.5) is 11.4 Å². The fourth-order valence-electron chi connectivity index (χ4n) is 4.22. The first-order valence-corrected chi connectivity index (χ1v) is 15.7.